The molecule has 4 heteroatoms. The molecule has 1 unspecified atom stereocenters. The Morgan fingerprint density at radius 2 is 1.82 bits per heavy atom. The van der Waals surface area contributed by atoms with Crippen molar-refractivity contribution in [2.45, 2.75) is 25.9 Å². The van der Waals surface area contributed by atoms with Gasteiger partial charge in [-0.25, -0.2) is 0 Å². The van der Waals surface area contributed by atoms with Gasteiger partial charge in [0.25, 0.3) is 0 Å². The molecule has 0 spiro atoms. The summed E-state index contributed by atoms with van der Waals surface area (Å²) in [5, 5.41) is 0. The molecule has 0 N–H and O–H groups in total. The van der Waals surface area contributed by atoms with E-state index in [1.54, 1.807) is 6.66 Å². The van der Waals surface area contributed by atoms with Crippen LogP contribution in [0.15, 0.2) is 0 Å². The molecule has 0 saturated carbocycles. The summed E-state index contributed by atoms with van der Waals surface area (Å²) in [6.07, 6.45) is -1.84. The van der Waals surface area contributed by atoms with Gasteiger partial charge < -0.3 is 0 Å². The summed E-state index contributed by atoms with van der Waals surface area (Å²) in [5.74, 6) is 0. The van der Waals surface area contributed by atoms with Gasteiger partial charge in [0.2, 0.25) is 0 Å². The van der Waals surface area contributed by atoms with Gasteiger partial charge in [0.15, 0.2) is 0 Å². The second-order valence-corrected chi connectivity index (χ2v) is 5.18. The Balaban J connectivity index is 3.44. The van der Waals surface area contributed by atoms with Crippen LogP contribution in [0.25, 0.3) is 0 Å². The van der Waals surface area contributed by atoms with Gasteiger partial charge in [-0.15, -0.1) is 7.92 Å². The van der Waals surface area contributed by atoms with Crippen LogP contribution < -0.4 is 0 Å². The number of rotatable bonds is 4. The Bertz CT molecular complexity index is 100. The van der Waals surface area contributed by atoms with Gasteiger partial charge in [0.05, 0.1) is 6.16 Å². The summed E-state index contributed by atoms with van der Waals surface area (Å²) in [5.41, 5.74) is 0. The minimum absolute atomic E-state index is 0.567. The number of unbranched alkanes of at least 4 members (excludes halogenated alkanes) is 1. The fraction of sp³-hybridized carbons (Fsp3) is 1.00. The van der Waals surface area contributed by atoms with Crippen LogP contribution in [0, 0.1) is 0 Å². The van der Waals surface area contributed by atoms with Gasteiger partial charge in [-0.2, -0.15) is 13.2 Å². The van der Waals surface area contributed by atoms with Crippen molar-refractivity contribution in [3.8, 4) is 0 Å². The van der Waals surface area contributed by atoms with Crippen LogP contribution >= 0.6 is 7.92 Å². The van der Waals surface area contributed by atoms with Gasteiger partial charge in [0.1, 0.15) is 0 Å². The summed E-state index contributed by atoms with van der Waals surface area (Å²) < 4.78 is 35.2. The lowest BCUT2D eigenvalue weighted by Crippen LogP contribution is -2.13. The number of hydrogen-bond donors (Lipinski definition) is 0. The highest BCUT2D eigenvalue weighted by molar-refractivity contribution is 7.56. The average Bonchev–Trinajstić information content (AvgIpc) is 1.79. The molecule has 0 aliphatic rings. The van der Waals surface area contributed by atoms with Crippen molar-refractivity contribution >= 4 is 7.92 Å². The molecular weight excluding hydrogens is 172 g/mol. The Morgan fingerprint density at radius 3 is 2.18 bits per heavy atom. The highest BCUT2D eigenvalue weighted by Gasteiger charge is 2.29. The van der Waals surface area contributed by atoms with E-state index in [0.717, 1.165) is 19.0 Å². The van der Waals surface area contributed by atoms with Gasteiger partial charge in [-0.1, -0.05) is 13.3 Å². The Labute approximate surface area is 66.9 Å². The summed E-state index contributed by atoms with van der Waals surface area (Å²) >= 11 is 0. The molecule has 0 rings (SSSR count). The number of hydrogen-bond acceptors (Lipinski definition) is 0. The van der Waals surface area contributed by atoms with Crippen molar-refractivity contribution in [2.24, 2.45) is 0 Å². The first-order chi connectivity index (χ1) is 4.95. The molecular formula is C7H14F3P. The molecule has 0 radical (unpaired) electrons. The Hall–Kier alpha value is 0.220. The lowest BCUT2D eigenvalue weighted by molar-refractivity contribution is -0.106. The van der Waals surface area contributed by atoms with E-state index in [2.05, 4.69) is 0 Å². The number of halogens is 3. The van der Waals surface area contributed by atoms with Gasteiger partial charge in [-0.3, -0.25) is 0 Å². The van der Waals surface area contributed by atoms with Crippen molar-refractivity contribution in [3.05, 3.63) is 0 Å². The number of alkyl halides is 3. The molecule has 0 aromatic heterocycles. The van der Waals surface area contributed by atoms with Gasteiger partial charge in [0, 0.05) is 0 Å². The Kier molecular flexibility index (Phi) is 5.07. The van der Waals surface area contributed by atoms with Crippen LogP contribution in [0.2, 0.25) is 0 Å². The molecule has 0 fully saturated rings. The quantitative estimate of drug-likeness (QED) is 0.590. The van der Waals surface area contributed by atoms with E-state index in [0.29, 0.717) is 0 Å². The zero-order valence-corrected chi connectivity index (χ0v) is 7.80. The van der Waals surface area contributed by atoms with Crippen LogP contribution in [0.4, 0.5) is 13.2 Å². The van der Waals surface area contributed by atoms with Crippen molar-refractivity contribution in [3.63, 3.8) is 0 Å². The first-order valence-electron chi connectivity index (χ1n) is 3.71. The van der Waals surface area contributed by atoms with Crippen LogP contribution in [0.3, 0.4) is 0 Å². The predicted octanol–water partition coefficient (Wildman–Crippen LogP) is 3.46. The normalized spacial score (nSPS) is 15.0. The van der Waals surface area contributed by atoms with E-state index in [9.17, 15) is 13.2 Å². The van der Waals surface area contributed by atoms with Crippen molar-refractivity contribution < 1.29 is 13.2 Å². The molecule has 0 aromatic carbocycles. The predicted molar refractivity (Wildman–Crippen MR) is 43.5 cm³/mol. The monoisotopic (exact) mass is 186 g/mol. The average molecular weight is 186 g/mol. The lowest BCUT2D eigenvalue weighted by atomic mass is 10.4. The summed E-state index contributed by atoms with van der Waals surface area (Å²) in [6, 6.07) is 0. The molecule has 0 amide bonds. The largest absolute Gasteiger partial charge is 0.392 e. The van der Waals surface area contributed by atoms with E-state index >= 15 is 0 Å². The first-order valence-corrected chi connectivity index (χ1v) is 5.87. The highest BCUT2D eigenvalue weighted by atomic mass is 31.1. The smallest absolute Gasteiger partial charge is 0.171 e. The SMILES string of the molecule is CCCCP(C)CC(F)(F)F. The van der Waals surface area contributed by atoms with Crippen molar-refractivity contribution in [1.29, 1.82) is 0 Å². The molecule has 11 heavy (non-hydrogen) atoms. The van der Waals surface area contributed by atoms with Crippen molar-refractivity contribution in [2.75, 3.05) is 19.0 Å². The van der Waals surface area contributed by atoms with Crippen LogP contribution in [-0.4, -0.2) is 25.2 Å². The third-order valence-corrected chi connectivity index (χ3v) is 3.32. The van der Waals surface area contributed by atoms with Gasteiger partial charge in [-0.05, 0) is 19.2 Å². The zero-order valence-electron chi connectivity index (χ0n) is 6.91. The fourth-order valence-corrected chi connectivity index (χ4v) is 2.44. The third-order valence-electron chi connectivity index (χ3n) is 1.34. The summed E-state index contributed by atoms with van der Waals surface area (Å²) in [7, 11) is -0.800. The summed E-state index contributed by atoms with van der Waals surface area (Å²) in [4.78, 5) is 0. The molecule has 0 aliphatic carbocycles. The first kappa shape index (κ1) is 11.2. The standard InChI is InChI=1S/C7H14F3P/c1-3-4-5-11(2)6-7(8,9)10/h3-6H2,1-2H3. The maximum Gasteiger partial charge on any atom is 0.392 e. The van der Waals surface area contributed by atoms with E-state index in [1.165, 1.54) is 0 Å². The maximum atomic E-state index is 11.7. The maximum absolute atomic E-state index is 11.7. The Morgan fingerprint density at radius 1 is 1.27 bits per heavy atom. The van der Waals surface area contributed by atoms with Crippen LogP contribution in [-0.2, 0) is 0 Å². The molecule has 1 atom stereocenters. The van der Waals surface area contributed by atoms with E-state index in [1.807, 2.05) is 6.92 Å². The molecule has 68 valence electrons. The molecule has 0 aliphatic heterocycles. The highest BCUT2D eigenvalue weighted by Crippen LogP contribution is 2.38. The van der Waals surface area contributed by atoms with Crippen molar-refractivity contribution in [1.82, 2.24) is 0 Å². The topological polar surface area (TPSA) is 0 Å². The van der Waals surface area contributed by atoms with E-state index in [4.69, 9.17) is 0 Å². The fourth-order valence-electron chi connectivity index (χ4n) is 0.813. The zero-order chi connectivity index (χ0) is 8.91. The second-order valence-electron chi connectivity index (χ2n) is 2.71. The second kappa shape index (κ2) is 4.97. The minimum atomic E-state index is -3.95. The third kappa shape index (κ3) is 8.12. The van der Waals surface area contributed by atoms with Crippen LogP contribution in [0.5, 0.6) is 0 Å². The molecule has 0 heterocycles. The van der Waals surface area contributed by atoms with Crippen LogP contribution in [0.1, 0.15) is 19.8 Å². The summed E-state index contributed by atoms with van der Waals surface area (Å²) in [6.45, 7) is 3.72. The minimum Gasteiger partial charge on any atom is -0.171 e. The molecule has 0 saturated heterocycles. The van der Waals surface area contributed by atoms with E-state index in [-0.39, 0.29) is 0 Å². The lowest BCUT2D eigenvalue weighted by Gasteiger charge is -2.13. The van der Waals surface area contributed by atoms with E-state index < -0.39 is 20.3 Å². The molecule has 0 bridgehead atoms. The molecule has 0 nitrogen and oxygen atoms in total. The van der Waals surface area contributed by atoms with Gasteiger partial charge >= 0.3 is 6.18 Å². The molecule has 0 aromatic rings.